The van der Waals surface area contributed by atoms with Crippen LogP contribution in [0.1, 0.15) is 29.3 Å². The molecule has 1 heterocycles. The molecule has 2 saturated carbocycles. The molecule has 5 rings (SSSR count). The number of benzene rings is 2. The number of fused-ring (bicyclic) bond motifs is 5. The average Bonchev–Trinajstić information content (AvgIpc) is 3.13. The summed E-state index contributed by atoms with van der Waals surface area (Å²) in [5.74, 6) is 1.16. The van der Waals surface area contributed by atoms with Crippen molar-refractivity contribution in [3.05, 3.63) is 59.4 Å². The number of amides is 2. The minimum Gasteiger partial charge on any atom is -0.366 e. The molecule has 32 heavy (non-hydrogen) atoms. The number of carbonyl (C=O) groups is 2. The number of hydrogen-bond acceptors (Lipinski definition) is 4. The van der Waals surface area contributed by atoms with Gasteiger partial charge in [0.05, 0.1) is 12.1 Å². The molecule has 1 saturated heterocycles. The molecule has 6 nitrogen and oxygen atoms in total. The predicted molar refractivity (Wildman–Crippen MR) is 117 cm³/mol. The summed E-state index contributed by atoms with van der Waals surface area (Å²) in [6, 6.07) is 12.8. The van der Waals surface area contributed by atoms with Gasteiger partial charge in [-0.1, -0.05) is 31.2 Å². The lowest BCUT2D eigenvalue weighted by atomic mass is 9.94. The van der Waals surface area contributed by atoms with E-state index in [0.717, 1.165) is 6.42 Å². The van der Waals surface area contributed by atoms with Crippen LogP contribution in [0.4, 0.5) is 4.39 Å². The Morgan fingerprint density at radius 2 is 2.03 bits per heavy atom. The molecule has 0 radical (unpaired) electrons. The van der Waals surface area contributed by atoms with Crippen LogP contribution in [-0.2, 0) is 11.2 Å². The van der Waals surface area contributed by atoms with Crippen LogP contribution in [0.25, 0.3) is 11.1 Å². The molecule has 164 valence electrons. The van der Waals surface area contributed by atoms with Gasteiger partial charge < -0.3 is 16.4 Å². The number of nitrogens with zero attached hydrogens (tertiary/aromatic N) is 1. The Bertz CT molecular complexity index is 1140. The summed E-state index contributed by atoms with van der Waals surface area (Å²) >= 11 is 0. The van der Waals surface area contributed by atoms with E-state index in [1.165, 1.54) is 6.07 Å². The highest BCUT2D eigenvalue weighted by Crippen LogP contribution is 2.64. The predicted octanol–water partition coefficient (Wildman–Crippen LogP) is 2.38. The third kappa shape index (κ3) is 3.45. The summed E-state index contributed by atoms with van der Waals surface area (Å²) < 4.78 is 14.8. The third-order valence-electron chi connectivity index (χ3n) is 7.54. The van der Waals surface area contributed by atoms with Crippen LogP contribution >= 0.6 is 0 Å². The SMILES string of the molecule is CC1C2C1[C@H]1C[C@@H]2N[C@@H]1C(=O)N[C@H](C#N)Cc1ccc(-c2cccc(C(N)=O)c2)cc1F. The van der Waals surface area contributed by atoms with Gasteiger partial charge in [-0.05, 0) is 65.0 Å². The second-order valence-corrected chi connectivity index (χ2v) is 9.31. The minimum atomic E-state index is -0.811. The maximum Gasteiger partial charge on any atom is 0.248 e. The van der Waals surface area contributed by atoms with Crippen molar-refractivity contribution in [1.82, 2.24) is 10.6 Å². The van der Waals surface area contributed by atoms with E-state index < -0.39 is 17.8 Å². The molecule has 2 bridgehead atoms. The summed E-state index contributed by atoms with van der Waals surface area (Å²) in [4.78, 5) is 24.2. The van der Waals surface area contributed by atoms with Crippen LogP contribution in [0.3, 0.4) is 0 Å². The van der Waals surface area contributed by atoms with Gasteiger partial charge in [-0.25, -0.2) is 4.39 Å². The number of piperidine rings is 1. The first kappa shape index (κ1) is 20.7. The maximum atomic E-state index is 14.8. The number of nitrogens with one attached hydrogen (secondary N) is 2. The summed E-state index contributed by atoms with van der Waals surface area (Å²) in [6.07, 6.45) is 1.11. The molecule has 3 fully saturated rings. The van der Waals surface area contributed by atoms with E-state index in [-0.39, 0.29) is 18.4 Å². The molecule has 2 aromatic rings. The quantitative estimate of drug-likeness (QED) is 0.651. The molecule has 0 aromatic heterocycles. The van der Waals surface area contributed by atoms with Crippen molar-refractivity contribution in [2.45, 2.75) is 37.9 Å². The summed E-state index contributed by atoms with van der Waals surface area (Å²) in [7, 11) is 0. The number of carbonyl (C=O) groups excluding carboxylic acids is 2. The van der Waals surface area contributed by atoms with E-state index >= 15 is 0 Å². The number of rotatable bonds is 6. The first-order valence-corrected chi connectivity index (χ1v) is 11.0. The van der Waals surface area contributed by atoms with E-state index in [4.69, 9.17) is 5.73 Å². The monoisotopic (exact) mass is 432 g/mol. The Kier molecular flexibility index (Phi) is 4.98. The van der Waals surface area contributed by atoms with Crippen molar-refractivity contribution < 1.29 is 14.0 Å². The van der Waals surface area contributed by atoms with Gasteiger partial charge in [0.2, 0.25) is 11.8 Å². The largest absolute Gasteiger partial charge is 0.366 e. The summed E-state index contributed by atoms with van der Waals surface area (Å²) in [5.41, 5.74) is 7.30. The molecule has 7 heteroatoms. The van der Waals surface area contributed by atoms with Gasteiger partial charge in [-0.15, -0.1) is 0 Å². The molecular formula is C25H25FN4O2. The number of hydrogen-bond donors (Lipinski definition) is 3. The van der Waals surface area contributed by atoms with Crippen LogP contribution in [0.15, 0.2) is 42.5 Å². The van der Waals surface area contributed by atoms with Crippen molar-refractivity contribution in [3.8, 4) is 17.2 Å². The Labute approximate surface area is 186 Å². The molecule has 7 atom stereocenters. The van der Waals surface area contributed by atoms with Crippen molar-refractivity contribution in [2.75, 3.05) is 0 Å². The second-order valence-electron chi connectivity index (χ2n) is 9.31. The van der Waals surface area contributed by atoms with Crippen LogP contribution in [0.2, 0.25) is 0 Å². The number of nitriles is 1. The molecule has 4 N–H and O–H groups in total. The van der Waals surface area contributed by atoms with Gasteiger partial charge in [-0.3, -0.25) is 9.59 Å². The van der Waals surface area contributed by atoms with Crippen molar-refractivity contribution in [2.24, 2.45) is 29.4 Å². The van der Waals surface area contributed by atoms with Crippen molar-refractivity contribution >= 4 is 11.8 Å². The van der Waals surface area contributed by atoms with Crippen LogP contribution in [-0.4, -0.2) is 29.9 Å². The fourth-order valence-electron chi connectivity index (χ4n) is 5.96. The second kappa shape index (κ2) is 7.72. The maximum absolute atomic E-state index is 14.8. The lowest BCUT2D eigenvalue weighted by Crippen LogP contribution is -2.51. The lowest BCUT2D eigenvalue weighted by molar-refractivity contribution is -0.124. The van der Waals surface area contributed by atoms with Crippen molar-refractivity contribution in [3.63, 3.8) is 0 Å². The highest BCUT2D eigenvalue weighted by atomic mass is 19.1. The Balaban J connectivity index is 1.26. The molecule has 3 aliphatic rings. The first-order chi connectivity index (χ1) is 15.4. The topological polar surface area (TPSA) is 108 Å². The van der Waals surface area contributed by atoms with E-state index in [1.54, 1.807) is 36.4 Å². The van der Waals surface area contributed by atoms with Crippen molar-refractivity contribution in [1.29, 1.82) is 5.26 Å². The van der Waals surface area contributed by atoms with E-state index in [0.29, 0.717) is 52.0 Å². The van der Waals surface area contributed by atoms with Gasteiger partial charge in [0.15, 0.2) is 0 Å². The van der Waals surface area contributed by atoms with Gasteiger partial charge >= 0.3 is 0 Å². The molecule has 3 unspecified atom stereocenters. The summed E-state index contributed by atoms with van der Waals surface area (Å²) in [5, 5.41) is 15.8. The standard InChI is InChI=1S/C25H25FN4O2/c1-12-21-18-10-20(22(12)21)30-23(18)25(32)29-17(11-27)8-15-6-5-14(9-19(15)26)13-3-2-4-16(7-13)24(28)31/h2-7,9,12,17-18,20-23,30H,8,10H2,1H3,(H2,28,31)(H,29,32)/t12?,17-,18+,20-,21?,22?,23-/m0/s1. The number of halogens is 1. The van der Waals surface area contributed by atoms with Gasteiger partial charge in [-0.2, -0.15) is 5.26 Å². The molecule has 1 aliphatic heterocycles. The number of primary amides is 1. The number of nitrogens with two attached hydrogens (primary N) is 1. The molecular weight excluding hydrogens is 407 g/mol. The zero-order valence-electron chi connectivity index (χ0n) is 17.7. The average molecular weight is 432 g/mol. The Morgan fingerprint density at radius 3 is 2.72 bits per heavy atom. The van der Waals surface area contributed by atoms with Gasteiger partial charge in [0, 0.05) is 18.0 Å². The molecule has 2 aliphatic carbocycles. The smallest absolute Gasteiger partial charge is 0.248 e. The third-order valence-corrected chi connectivity index (χ3v) is 7.54. The minimum absolute atomic E-state index is 0.0823. The highest BCUT2D eigenvalue weighted by molar-refractivity contribution is 5.94. The van der Waals surface area contributed by atoms with E-state index in [9.17, 15) is 19.2 Å². The normalized spacial score (nSPS) is 30.3. The fourth-order valence-corrected chi connectivity index (χ4v) is 5.96. The van der Waals surface area contributed by atoms with Crippen LogP contribution in [0.5, 0.6) is 0 Å². The lowest BCUT2D eigenvalue weighted by Gasteiger charge is -2.23. The van der Waals surface area contributed by atoms with E-state index in [2.05, 4.69) is 23.6 Å². The fraction of sp³-hybridized carbons (Fsp3) is 0.400. The Hall–Kier alpha value is -3.24. The van der Waals surface area contributed by atoms with Gasteiger partial charge in [0.1, 0.15) is 11.9 Å². The van der Waals surface area contributed by atoms with Crippen LogP contribution < -0.4 is 16.4 Å². The zero-order chi connectivity index (χ0) is 22.6. The molecule has 2 aromatic carbocycles. The highest BCUT2D eigenvalue weighted by Gasteiger charge is 2.67. The van der Waals surface area contributed by atoms with E-state index in [1.807, 2.05) is 0 Å². The van der Waals surface area contributed by atoms with Crippen LogP contribution in [0, 0.1) is 40.8 Å². The molecule has 2 amide bonds. The first-order valence-electron chi connectivity index (χ1n) is 11.0. The Morgan fingerprint density at radius 1 is 1.25 bits per heavy atom. The molecule has 0 spiro atoms. The summed E-state index contributed by atoms with van der Waals surface area (Å²) in [6.45, 7) is 2.24. The van der Waals surface area contributed by atoms with Gasteiger partial charge in [0.25, 0.3) is 0 Å². The zero-order valence-corrected chi connectivity index (χ0v) is 17.7.